The highest BCUT2D eigenvalue weighted by Gasteiger charge is 2.45. The number of carbonyl (C=O) groups excluding carboxylic acids is 3. The molecule has 0 fully saturated rings. The van der Waals surface area contributed by atoms with Crippen LogP contribution in [0.4, 0.5) is 5.69 Å². The zero-order chi connectivity index (χ0) is 29.9. The zero-order valence-electron chi connectivity index (χ0n) is 23.4. The number of fused-ring (bicyclic) bond motifs is 1. The van der Waals surface area contributed by atoms with Gasteiger partial charge in [-0.15, -0.1) is 0 Å². The molecule has 0 saturated carbocycles. The summed E-state index contributed by atoms with van der Waals surface area (Å²) in [7, 11) is 4.10. The number of thioether (sulfide) groups is 2. The monoisotopic (exact) mass is 611 g/mol. The molecular weight excluding hydrogens is 583 g/mol. The molecule has 8 nitrogen and oxygen atoms in total. The van der Waals surface area contributed by atoms with Crippen LogP contribution in [0, 0.1) is 0 Å². The van der Waals surface area contributed by atoms with Crippen molar-refractivity contribution in [1.29, 1.82) is 0 Å². The van der Waals surface area contributed by atoms with E-state index in [0.29, 0.717) is 38.3 Å². The first kappa shape index (κ1) is 30.4. The smallest absolute Gasteiger partial charge is 0.346 e. The summed E-state index contributed by atoms with van der Waals surface area (Å²) in [6, 6.07) is 12.8. The van der Waals surface area contributed by atoms with Gasteiger partial charge in [-0.3, -0.25) is 9.69 Å². The van der Waals surface area contributed by atoms with Gasteiger partial charge in [-0.2, -0.15) is 0 Å². The normalized spacial score (nSPS) is 16.1. The van der Waals surface area contributed by atoms with Crippen LogP contribution in [0.15, 0.2) is 62.6 Å². The Morgan fingerprint density at radius 3 is 2.05 bits per heavy atom. The molecule has 11 heteroatoms. The highest BCUT2D eigenvalue weighted by Crippen LogP contribution is 2.56. The first-order valence-electron chi connectivity index (χ1n) is 12.6. The van der Waals surface area contributed by atoms with E-state index in [1.165, 1.54) is 20.3 Å². The standard InChI is InChI=1S/C30H29NO7S3/c1-7-38-19-13-14-21-20(16-19)23(29-40-24(27(33)36-5)25(41-29)28(34)37-6)26(39)30(2,3)31(21)22(32)15-10-17-8-11-18(35-4)12-9-17/h8-16H,7H2,1-6H3. The van der Waals surface area contributed by atoms with Crippen molar-refractivity contribution in [3.8, 4) is 11.5 Å². The van der Waals surface area contributed by atoms with Gasteiger partial charge in [0.15, 0.2) is 0 Å². The molecule has 0 radical (unpaired) electrons. The van der Waals surface area contributed by atoms with Crippen molar-refractivity contribution in [3.63, 3.8) is 0 Å². The molecule has 2 aliphatic rings. The average Bonchev–Trinajstić information content (AvgIpc) is 3.41. The number of methoxy groups -OCH3 is 3. The maximum absolute atomic E-state index is 13.8. The zero-order valence-corrected chi connectivity index (χ0v) is 25.9. The van der Waals surface area contributed by atoms with Crippen LogP contribution in [-0.4, -0.2) is 56.2 Å². The summed E-state index contributed by atoms with van der Waals surface area (Å²) in [6.45, 7) is 6.06. The molecule has 1 amide bonds. The van der Waals surface area contributed by atoms with Crippen molar-refractivity contribution in [1.82, 2.24) is 0 Å². The van der Waals surface area contributed by atoms with Gasteiger partial charge in [-0.1, -0.05) is 47.9 Å². The lowest BCUT2D eigenvalue weighted by Crippen LogP contribution is -2.55. The van der Waals surface area contributed by atoms with Crippen molar-refractivity contribution in [2.45, 2.75) is 26.3 Å². The molecule has 0 unspecified atom stereocenters. The van der Waals surface area contributed by atoms with Crippen molar-refractivity contribution in [2.24, 2.45) is 0 Å². The van der Waals surface area contributed by atoms with Gasteiger partial charge in [-0.25, -0.2) is 9.59 Å². The van der Waals surface area contributed by atoms with Gasteiger partial charge >= 0.3 is 11.9 Å². The Bertz CT molecular complexity index is 1480. The van der Waals surface area contributed by atoms with Crippen LogP contribution in [0.1, 0.15) is 31.9 Å². The molecule has 0 saturated heterocycles. The number of amides is 1. The number of benzene rings is 2. The van der Waals surface area contributed by atoms with Gasteiger partial charge in [-0.05, 0) is 62.7 Å². The second-order valence-electron chi connectivity index (χ2n) is 9.29. The average molecular weight is 612 g/mol. The summed E-state index contributed by atoms with van der Waals surface area (Å²) in [6.07, 6.45) is 3.25. The lowest BCUT2D eigenvalue weighted by atomic mass is 9.83. The third-order valence-corrected chi connectivity index (χ3v) is 9.69. The minimum absolute atomic E-state index is 0.121. The number of hydrogen-bond donors (Lipinski definition) is 0. The molecule has 4 rings (SSSR count). The third-order valence-electron chi connectivity index (χ3n) is 6.43. The second kappa shape index (κ2) is 12.5. The van der Waals surface area contributed by atoms with E-state index in [2.05, 4.69) is 0 Å². The van der Waals surface area contributed by atoms with Crippen LogP contribution in [0.5, 0.6) is 11.5 Å². The van der Waals surface area contributed by atoms with Gasteiger partial charge in [0.05, 0.1) is 48.3 Å². The van der Waals surface area contributed by atoms with E-state index in [-0.39, 0.29) is 15.7 Å². The van der Waals surface area contributed by atoms with Crippen LogP contribution in [0.2, 0.25) is 0 Å². The maximum atomic E-state index is 13.8. The summed E-state index contributed by atoms with van der Waals surface area (Å²) >= 11 is 8.24. The fourth-order valence-corrected chi connectivity index (χ4v) is 7.44. The number of hydrogen-bond acceptors (Lipinski definition) is 10. The van der Waals surface area contributed by atoms with Crippen molar-refractivity contribution in [3.05, 3.63) is 73.7 Å². The summed E-state index contributed by atoms with van der Waals surface area (Å²) < 4.78 is 21.5. The fourth-order valence-electron chi connectivity index (χ4n) is 4.41. The molecule has 0 aromatic heterocycles. The summed E-state index contributed by atoms with van der Waals surface area (Å²) in [4.78, 5) is 41.3. The van der Waals surface area contributed by atoms with Gasteiger partial charge in [0.1, 0.15) is 21.3 Å². The van der Waals surface area contributed by atoms with Gasteiger partial charge in [0.2, 0.25) is 0 Å². The number of esters is 2. The molecule has 2 aromatic carbocycles. The highest BCUT2D eigenvalue weighted by molar-refractivity contribution is 8.29. The number of nitrogens with zero attached hydrogens (tertiary/aromatic N) is 1. The minimum atomic E-state index is -0.945. The number of carbonyl (C=O) groups is 3. The first-order chi connectivity index (χ1) is 19.6. The summed E-state index contributed by atoms with van der Waals surface area (Å²) in [5.41, 5.74) is 1.80. The largest absolute Gasteiger partial charge is 0.497 e. The summed E-state index contributed by atoms with van der Waals surface area (Å²) in [5, 5.41) is 0. The van der Waals surface area contributed by atoms with E-state index in [1.807, 2.05) is 57.2 Å². The SMILES string of the molecule is CCOc1ccc2c(c1)C(=C1SC(C(=O)OC)=C(C(=O)OC)S1)C(=S)C(C)(C)N2C(=O)C=Cc1ccc(OC)cc1. The topological polar surface area (TPSA) is 91.4 Å². The molecule has 0 bridgehead atoms. The first-order valence-corrected chi connectivity index (χ1v) is 14.6. The molecule has 0 atom stereocenters. The van der Waals surface area contributed by atoms with Crippen LogP contribution in [-0.2, 0) is 23.9 Å². The molecule has 2 heterocycles. The van der Waals surface area contributed by atoms with Crippen LogP contribution < -0.4 is 14.4 Å². The lowest BCUT2D eigenvalue weighted by Gasteiger charge is -2.45. The Hall–Kier alpha value is -3.54. The predicted octanol–water partition coefficient (Wildman–Crippen LogP) is 6.01. The minimum Gasteiger partial charge on any atom is -0.497 e. The van der Waals surface area contributed by atoms with Crippen LogP contribution >= 0.6 is 35.7 Å². The van der Waals surface area contributed by atoms with Gasteiger partial charge in [0, 0.05) is 17.2 Å². The van der Waals surface area contributed by atoms with E-state index in [9.17, 15) is 14.4 Å². The summed E-state index contributed by atoms with van der Waals surface area (Å²) in [5.74, 6) is -0.252. The van der Waals surface area contributed by atoms with E-state index >= 15 is 0 Å². The molecular formula is C30H29NO7S3. The number of anilines is 1. The van der Waals surface area contributed by atoms with Gasteiger partial charge in [0.25, 0.3) is 5.91 Å². The Morgan fingerprint density at radius 1 is 0.927 bits per heavy atom. The quantitative estimate of drug-likeness (QED) is 0.211. The van der Waals surface area contributed by atoms with Crippen molar-refractivity contribution >= 4 is 75.8 Å². The number of ether oxygens (including phenoxy) is 4. The number of thiocarbonyl (C=S) groups is 1. The Labute approximate surface area is 252 Å². The van der Waals surface area contributed by atoms with E-state index in [1.54, 1.807) is 24.2 Å². The highest BCUT2D eigenvalue weighted by atomic mass is 32.2. The second-order valence-corrected chi connectivity index (χ2v) is 12.0. The Balaban J connectivity index is 1.84. The van der Waals surface area contributed by atoms with Crippen molar-refractivity contribution < 1.29 is 33.3 Å². The molecule has 2 aliphatic heterocycles. The lowest BCUT2D eigenvalue weighted by molar-refractivity contribution is -0.138. The fraction of sp³-hybridized carbons (Fsp3) is 0.267. The van der Waals surface area contributed by atoms with Crippen LogP contribution in [0.25, 0.3) is 11.6 Å². The molecule has 0 aliphatic carbocycles. The van der Waals surface area contributed by atoms with Crippen molar-refractivity contribution in [2.75, 3.05) is 32.8 Å². The maximum Gasteiger partial charge on any atom is 0.346 e. The van der Waals surface area contributed by atoms with E-state index in [0.717, 1.165) is 34.8 Å². The third kappa shape index (κ3) is 5.93. The molecule has 0 N–H and O–H groups in total. The molecule has 2 aromatic rings. The van der Waals surface area contributed by atoms with E-state index in [4.69, 9.17) is 31.2 Å². The predicted molar refractivity (Wildman–Crippen MR) is 167 cm³/mol. The van der Waals surface area contributed by atoms with E-state index < -0.39 is 17.5 Å². The number of rotatable bonds is 7. The molecule has 41 heavy (non-hydrogen) atoms. The molecule has 214 valence electrons. The van der Waals surface area contributed by atoms with Gasteiger partial charge < -0.3 is 18.9 Å². The Morgan fingerprint density at radius 2 is 1.51 bits per heavy atom. The molecule has 0 spiro atoms. The Kier molecular flexibility index (Phi) is 9.31. The van der Waals surface area contributed by atoms with Crippen LogP contribution in [0.3, 0.4) is 0 Å².